The molecule has 1 aromatic rings. The van der Waals surface area contributed by atoms with Crippen molar-refractivity contribution in [3.05, 3.63) is 23.8 Å². The van der Waals surface area contributed by atoms with Crippen LogP contribution in [0.1, 0.15) is 32.4 Å². The summed E-state index contributed by atoms with van der Waals surface area (Å²) in [6.07, 6.45) is 0. The van der Waals surface area contributed by atoms with Gasteiger partial charge in [-0.1, -0.05) is 20.8 Å². The van der Waals surface area contributed by atoms with Crippen molar-refractivity contribution in [1.82, 2.24) is 5.32 Å². The van der Waals surface area contributed by atoms with Crippen LogP contribution < -0.4 is 14.8 Å². The number of ether oxygens (including phenoxy) is 2. The van der Waals surface area contributed by atoms with E-state index in [-0.39, 0.29) is 6.04 Å². The summed E-state index contributed by atoms with van der Waals surface area (Å²) in [6, 6.07) is 6.20. The van der Waals surface area contributed by atoms with Gasteiger partial charge in [0, 0.05) is 11.6 Å². The molecule has 0 saturated carbocycles. The third-order valence-electron chi connectivity index (χ3n) is 3.66. The van der Waals surface area contributed by atoms with Crippen LogP contribution >= 0.6 is 0 Å². The van der Waals surface area contributed by atoms with Crippen LogP contribution in [0.4, 0.5) is 0 Å². The molecule has 2 atom stereocenters. The predicted octanol–water partition coefficient (Wildman–Crippen LogP) is 3.26. The van der Waals surface area contributed by atoms with E-state index in [9.17, 15) is 0 Å². The maximum Gasteiger partial charge on any atom is 0.123 e. The maximum absolute atomic E-state index is 5.46. The molecule has 0 amide bonds. The van der Waals surface area contributed by atoms with Gasteiger partial charge in [-0.3, -0.25) is 0 Å². The highest BCUT2D eigenvalue weighted by Crippen LogP contribution is 2.35. The molecule has 0 fully saturated rings. The van der Waals surface area contributed by atoms with Crippen LogP contribution in [0.5, 0.6) is 11.5 Å². The van der Waals surface area contributed by atoms with Gasteiger partial charge in [-0.05, 0) is 37.1 Å². The monoisotopic (exact) mass is 251 g/mol. The largest absolute Gasteiger partial charge is 0.497 e. The maximum atomic E-state index is 5.46. The number of hydrogen-bond donors (Lipinski definition) is 1. The van der Waals surface area contributed by atoms with Gasteiger partial charge >= 0.3 is 0 Å². The Kier molecular flexibility index (Phi) is 5.48. The minimum atomic E-state index is 0.259. The predicted molar refractivity (Wildman–Crippen MR) is 75.3 cm³/mol. The lowest BCUT2D eigenvalue weighted by Crippen LogP contribution is -2.27. The van der Waals surface area contributed by atoms with Crippen LogP contribution in [-0.4, -0.2) is 21.3 Å². The molecule has 18 heavy (non-hydrogen) atoms. The highest BCUT2D eigenvalue weighted by molar-refractivity contribution is 5.42. The Bertz CT molecular complexity index is 377. The first-order chi connectivity index (χ1) is 8.54. The van der Waals surface area contributed by atoms with Crippen LogP contribution in [0.15, 0.2) is 18.2 Å². The molecular formula is C15H25NO2. The number of methoxy groups -OCH3 is 2. The van der Waals surface area contributed by atoms with Crippen molar-refractivity contribution in [2.75, 3.05) is 21.3 Å². The number of rotatable bonds is 6. The molecule has 3 nitrogen and oxygen atoms in total. The normalized spacial score (nSPS) is 14.4. The van der Waals surface area contributed by atoms with Crippen molar-refractivity contribution < 1.29 is 9.47 Å². The van der Waals surface area contributed by atoms with Gasteiger partial charge in [0.1, 0.15) is 11.5 Å². The fraction of sp³-hybridized carbons (Fsp3) is 0.600. The summed E-state index contributed by atoms with van der Waals surface area (Å²) < 4.78 is 10.8. The molecule has 102 valence electrons. The van der Waals surface area contributed by atoms with Crippen LogP contribution in [0.2, 0.25) is 0 Å². The van der Waals surface area contributed by atoms with Gasteiger partial charge in [0.15, 0.2) is 0 Å². The molecule has 0 bridgehead atoms. The summed E-state index contributed by atoms with van der Waals surface area (Å²) in [5, 5.41) is 3.39. The minimum absolute atomic E-state index is 0.259. The quantitative estimate of drug-likeness (QED) is 0.842. The summed E-state index contributed by atoms with van der Waals surface area (Å²) in [5.41, 5.74) is 1.15. The van der Waals surface area contributed by atoms with Crippen LogP contribution in [0.3, 0.4) is 0 Å². The Labute approximate surface area is 110 Å². The molecule has 0 saturated heterocycles. The number of benzene rings is 1. The molecule has 0 heterocycles. The van der Waals surface area contributed by atoms with Gasteiger partial charge in [0.05, 0.1) is 14.2 Å². The highest BCUT2D eigenvalue weighted by atomic mass is 16.5. The second-order valence-corrected chi connectivity index (χ2v) is 4.98. The van der Waals surface area contributed by atoms with E-state index in [1.165, 1.54) is 0 Å². The van der Waals surface area contributed by atoms with Gasteiger partial charge in [0.2, 0.25) is 0 Å². The minimum Gasteiger partial charge on any atom is -0.497 e. The molecule has 3 heteroatoms. The van der Waals surface area contributed by atoms with E-state index < -0.39 is 0 Å². The average molecular weight is 251 g/mol. The van der Waals surface area contributed by atoms with Crippen LogP contribution in [0.25, 0.3) is 0 Å². The molecule has 0 radical (unpaired) electrons. The van der Waals surface area contributed by atoms with Crippen molar-refractivity contribution >= 4 is 0 Å². The first-order valence-corrected chi connectivity index (χ1v) is 6.44. The molecule has 0 spiro atoms. The Morgan fingerprint density at radius 1 is 1.06 bits per heavy atom. The zero-order valence-electron chi connectivity index (χ0n) is 12.3. The lowest BCUT2D eigenvalue weighted by molar-refractivity contribution is 0.305. The van der Waals surface area contributed by atoms with E-state index in [0.29, 0.717) is 11.8 Å². The zero-order chi connectivity index (χ0) is 13.7. The summed E-state index contributed by atoms with van der Waals surface area (Å²) in [5.74, 6) is 2.87. The molecule has 0 aliphatic rings. The lowest BCUT2D eigenvalue weighted by Gasteiger charge is -2.28. The molecule has 0 aliphatic carbocycles. The van der Waals surface area contributed by atoms with E-state index in [4.69, 9.17) is 9.47 Å². The second kappa shape index (κ2) is 6.64. The fourth-order valence-corrected chi connectivity index (χ4v) is 2.17. The SMILES string of the molecule is CNC(c1cc(OC)ccc1OC)C(C)C(C)C. The Balaban J connectivity index is 3.17. The molecule has 0 aromatic heterocycles. The van der Waals surface area contributed by atoms with E-state index in [1.807, 2.05) is 19.2 Å². The summed E-state index contributed by atoms with van der Waals surface area (Å²) in [6.45, 7) is 6.73. The summed E-state index contributed by atoms with van der Waals surface area (Å²) >= 11 is 0. The molecule has 1 N–H and O–H groups in total. The van der Waals surface area contributed by atoms with Gasteiger partial charge in [0.25, 0.3) is 0 Å². The number of hydrogen-bond acceptors (Lipinski definition) is 3. The highest BCUT2D eigenvalue weighted by Gasteiger charge is 2.23. The zero-order valence-corrected chi connectivity index (χ0v) is 12.3. The molecule has 0 aliphatic heterocycles. The van der Waals surface area contributed by atoms with Gasteiger partial charge in [-0.2, -0.15) is 0 Å². The van der Waals surface area contributed by atoms with E-state index in [1.54, 1.807) is 14.2 Å². The molecular weight excluding hydrogens is 226 g/mol. The summed E-state index contributed by atoms with van der Waals surface area (Å²) in [7, 11) is 5.38. The lowest BCUT2D eigenvalue weighted by atomic mass is 9.85. The van der Waals surface area contributed by atoms with Crippen molar-refractivity contribution in [2.45, 2.75) is 26.8 Å². The number of nitrogens with one attached hydrogen (secondary N) is 1. The Hall–Kier alpha value is -1.22. The Morgan fingerprint density at radius 3 is 2.17 bits per heavy atom. The second-order valence-electron chi connectivity index (χ2n) is 4.98. The summed E-state index contributed by atoms with van der Waals surface area (Å²) in [4.78, 5) is 0. The molecule has 1 rings (SSSR count). The van der Waals surface area contributed by atoms with Crippen LogP contribution in [0, 0.1) is 11.8 Å². The molecule has 2 unspecified atom stereocenters. The molecule has 1 aromatic carbocycles. The average Bonchev–Trinajstić information content (AvgIpc) is 2.39. The Morgan fingerprint density at radius 2 is 1.72 bits per heavy atom. The fourth-order valence-electron chi connectivity index (χ4n) is 2.17. The van der Waals surface area contributed by atoms with Crippen LogP contribution in [-0.2, 0) is 0 Å². The van der Waals surface area contributed by atoms with Crippen molar-refractivity contribution in [3.63, 3.8) is 0 Å². The first-order valence-electron chi connectivity index (χ1n) is 6.44. The van der Waals surface area contributed by atoms with Gasteiger partial charge < -0.3 is 14.8 Å². The third-order valence-corrected chi connectivity index (χ3v) is 3.66. The van der Waals surface area contributed by atoms with Crippen molar-refractivity contribution in [2.24, 2.45) is 11.8 Å². The topological polar surface area (TPSA) is 30.5 Å². The first kappa shape index (κ1) is 14.8. The third kappa shape index (κ3) is 3.16. The smallest absolute Gasteiger partial charge is 0.123 e. The van der Waals surface area contributed by atoms with E-state index in [0.717, 1.165) is 17.1 Å². The standard InChI is InChI=1S/C15H25NO2/c1-10(2)11(3)15(16-4)13-9-12(17-5)7-8-14(13)18-6/h7-11,15-16H,1-6H3. The van der Waals surface area contributed by atoms with E-state index >= 15 is 0 Å². The van der Waals surface area contributed by atoms with Crippen molar-refractivity contribution in [1.29, 1.82) is 0 Å². The van der Waals surface area contributed by atoms with Crippen molar-refractivity contribution in [3.8, 4) is 11.5 Å². The van der Waals surface area contributed by atoms with Gasteiger partial charge in [-0.15, -0.1) is 0 Å². The van der Waals surface area contributed by atoms with Gasteiger partial charge in [-0.25, -0.2) is 0 Å². The van der Waals surface area contributed by atoms with E-state index in [2.05, 4.69) is 32.2 Å².